The quantitative estimate of drug-likeness (QED) is 0.0242. The summed E-state index contributed by atoms with van der Waals surface area (Å²) in [6, 6.07) is 1.44. The van der Waals surface area contributed by atoms with E-state index in [4.69, 9.17) is 66.3 Å². The van der Waals surface area contributed by atoms with Gasteiger partial charge in [0.25, 0.3) is 0 Å². The molecule has 554 valence electrons. The van der Waals surface area contributed by atoms with Crippen molar-refractivity contribution < 1.29 is 106 Å². The van der Waals surface area contributed by atoms with Gasteiger partial charge in [0.05, 0.1) is 160 Å². The maximum atomic E-state index is 11.6. The van der Waals surface area contributed by atoms with Gasteiger partial charge < -0.3 is 96.5 Å². The maximum absolute atomic E-state index is 11.6. The largest absolute Gasteiger partial charge is 0.463 e. The third-order valence-corrected chi connectivity index (χ3v) is 16.6. The Labute approximate surface area is 569 Å². The van der Waals surface area contributed by atoms with Crippen LogP contribution in [0.25, 0.3) is 0 Å². The number of carbonyl (C=O) groups excluding carboxylic acids is 4. The normalized spacial score (nSPS) is 17.8. The maximum Gasteiger partial charge on any atom is 0.330 e. The minimum Gasteiger partial charge on any atom is -0.463 e. The molecule has 25 heteroatoms. The highest BCUT2D eigenvalue weighted by Gasteiger charge is 2.33. The lowest BCUT2D eigenvalue weighted by molar-refractivity contribution is -0.149. The van der Waals surface area contributed by atoms with E-state index < -0.39 is 47.7 Å². The van der Waals surface area contributed by atoms with Crippen molar-refractivity contribution in [1.82, 2.24) is 14.7 Å². The van der Waals surface area contributed by atoms with Crippen molar-refractivity contribution in [2.75, 3.05) is 172 Å². The molecule has 3 saturated carbocycles. The van der Waals surface area contributed by atoms with Gasteiger partial charge in [0, 0.05) is 69.0 Å². The van der Waals surface area contributed by atoms with Gasteiger partial charge in [-0.25, -0.2) is 14.4 Å². The third kappa shape index (κ3) is 44.9. The van der Waals surface area contributed by atoms with Gasteiger partial charge in [-0.05, 0) is 86.7 Å². The smallest absolute Gasteiger partial charge is 0.330 e. The first-order chi connectivity index (χ1) is 45.7. The average Bonchev–Trinajstić information content (AvgIpc) is 1.21. The number of ether oxygens (including phenoxy) is 14. The summed E-state index contributed by atoms with van der Waals surface area (Å²) in [6.45, 7) is 25.0. The first-order valence-corrected chi connectivity index (χ1v) is 35.0. The molecule has 0 spiro atoms. The van der Waals surface area contributed by atoms with Crippen molar-refractivity contribution in [2.45, 2.75) is 211 Å². The Bertz CT molecular complexity index is 1900. The number of aliphatic hydroxyl groups excluding tert-OH is 4. The van der Waals surface area contributed by atoms with Crippen molar-refractivity contribution >= 4 is 23.9 Å². The number of hydrogen-bond acceptors (Lipinski definition) is 25. The summed E-state index contributed by atoms with van der Waals surface area (Å²) in [5, 5.41) is 43.0. The molecule has 0 aromatic rings. The minimum absolute atomic E-state index is 0.00585. The van der Waals surface area contributed by atoms with Gasteiger partial charge in [0.1, 0.15) is 26.4 Å². The standard InChI is InChI=1S/C44H87N3O10.C26H40O12/c1-34(26-52-30-41(48)22-45(5)38-16-10-7-11-17-38)55-29-37(4)57-33-44(51)25-47(40-20-14-9-15-21-40)24-43(50)31-53-27-35(2)54-28-36(3)56-32-42(49)23-46(6)39-18-12-8-13-19-39;1-5-9-25(30)38-17-13-34-21-26(18-31-10-14-35-22(27)6-2,19-32-11-15-36-23(28)7-3)20-33-12-16-37-24(29)8-4/h34-44,48-51H,7-33H2,1-6H3;6-8H,2-5,9-21H2,1H3. The predicted octanol–water partition coefficient (Wildman–Crippen LogP) is 5.82. The summed E-state index contributed by atoms with van der Waals surface area (Å²) in [5.74, 6) is -2.03. The molecular weight excluding hydrogens is 1230 g/mol. The van der Waals surface area contributed by atoms with Gasteiger partial charge >= 0.3 is 23.9 Å². The van der Waals surface area contributed by atoms with Crippen LogP contribution in [0.5, 0.6) is 0 Å². The summed E-state index contributed by atoms with van der Waals surface area (Å²) < 4.78 is 78.1. The van der Waals surface area contributed by atoms with Crippen LogP contribution in [-0.2, 0) is 85.5 Å². The van der Waals surface area contributed by atoms with Gasteiger partial charge in [-0.3, -0.25) is 9.69 Å². The Morgan fingerprint density at radius 3 is 1.07 bits per heavy atom. The molecule has 0 amide bonds. The molecular formula is C70H127N3O22. The fourth-order valence-electron chi connectivity index (χ4n) is 11.3. The van der Waals surface area contributed by atoms with E-state index >= 15 is 0 Å². The molecule has 0 saturated heterocycles. The number of esters is 4. The zero-order valence-electron chi connectivity index (χ0n) is 59.2. The third-order valence-electron chi connectivity index (χ3n) is 16.6. The molecule has 25 nitrogen and oxygen atoms in total. The first-order valence-electron chi connectivity index (χ1n) is 35.0. The highest BCUT2D eigenvalue weighted by Crippen LogP contribution is 2.26. The SMILES string of the molecule is C=CC(=O)OCCOCC(COCCOC(=O)C=C)(COCCOC(=O)C=C)COCCOC(=O)CCC.CC(COCC(O)CN(CC(O)COC(C)COC(C)COCC(O)CN(C)C1CCCCC1)C1CCCCC1)OCC(C)OCC(O)CN(C)C1CCCCC1. The second-order valence-corrected chi connectivity index (χ2v) is 25.8. The molecule has 0 aliphatic heterocycles. The predicted molar refractivity (Wildman–Crippen MR) is 360 cm³/mol. The zero-order valence-corrected chi connectivity index (χ0v) is 59.2. The number of rotatable bonds is 56. The van der Waals surface area contributed by atoms with E-state index in [0.29, 0.717) is 83.6 Å². The topological polar surface area (TPSA) is 288 Å². The van der Waals surface area contributed by atoms with Crippen molar-refractivity contribution in [3.8, 4) is 0 Å². The molecule has 3 rings (SSSR count). The fourth-order valence-corrected chi connectivity index (χ4v) is 11.3. The second-order valence-electron chi connectivity index (χ2n) is 25.8. The van der Waals surface area contributed by atoms with Gasteiger partial charge in [-0.2, -0.15) is 0 Å². The molecule has 0 aromatic heterocycles. The van der Waals surface area contributed by atoms with Gasteiger partial charge in [0.2, 0.25) is 0 Å². The van der Waals surface area contributed by atoms with Crippen LogP contribution in [0.1, 0.15) is 144 Å². The molecule has 3 aliphatic rings. The summed E-state index contributed by atoms with van der Waals surface area (Å²) in [7, 11) is 4.20. The molecule has 0 aromatic carbocycles. The highest BCUT2D eigenvalue weighted by atomic mass is 16.6. The van der Waals surface area contributed by atoms with Crippen LogP contribution in [0.15, 0.2) is 38.0 Å². The van der Waals surface area contributed by atoms with Gasteiger partial charge in [-0.1, -0.05) is 84.4 Å². The monoisotopic (exact) mass is 1360 g/mol. The van der Waals surface area contributed by atoms with E-state index in [1.165, 1.54) is 70.6 Å². The molecule has 3 fully saturated rings. The van der Waals surface area contributed by atoms with Gasteiger partial charge in [0.15, 0.2) is 0 Å². The molecule has 8 unspecified atom stereocenters. The molecule has 0 heterocycles. The number of hydrogen-bond donors (Lipinski definition) is 4. The lowest BCUT2D eigenvalue weighted by atomic mass is 9.92. The average molecular weight is 1360 g/mol. The molecule has 4 N–H and O–H groups in total. The molecule has 8 atom stereocenters. The van der Waals surface area contributed by atoms with Gasteiger partial charge in [-0.15, -0.1) is 0 Å². The lowest BCUT2D eigenvalue weighted by Gasteiger charge is -2.37. The van der Waals surface area contributed by atoms with Crippen molar-refractivity contribution in [3.63, 3.8) is 0 Å². The van der Waals surface area contributed by atoms with E-state index in [0.717, 1.165) is 43.9 Å². The summed E-state index contributed by atoms with van der Waals surface area (Å²) in [6.07, 6.45) is 19.3. The van der Waals surface area contributed by atoms with Crippen molar-refractivity contribution in [3.05, 3.63) is 38.0 Å². The van der Waals surface area contributed by atoms with Crippen LogP contribution in [-0.4, -0.2) is 298 Å². The summed E-state index contributed by atoms with van der Waals surface area (Å²) >= 11 is 0. The highest BCUT2D eigenvalue weighted by molar-refractivity contribution is 5.81. The molecule has 0 bridgehead atoms. The molecule has 3 aliphatic carbocycles. The first kappa shape index (κ1) is 87.5. The Morgan fingerprint density at radius 1 is 0.411 bits per heavy atom. The Morgan fingerprint density at radius 2 is 0.716 bits per heavy atom. The Balaban J connectivity index is 0.000000705. The van der Waals surface area contributed by atoms with E-state index in [-0.39, 0.29) is 136 Å². The number of nitrogens with zero attached hydrogens (tertiary/aromatic N) is 3. The minimum atomic E-state index is -0.860. The van der Waals surface area contributed by atoms with Crippen LogP contribution < -0.4 is 0 Å². The molecule has 95 heavy (non-hydrogen) atoms. The van der Waals surface area contributed by atoms with Crippen molar-refractivity contribution in [1.29, 1.82) is 0 Å². The number of carbonyl (C=O) groups is 4. The number of aliphatic hydroxyl groups is 4. The molecule has 0 radical (unpaired) electrons. The van der Waals surface area contributed by atoms with Crippen LogP contribution in [0, 0.1) is 5.41 Å². The van der Waals surface area contributed by atoms with E-state index in [9.17, 15) is 39.6 Å². The Hall–Kier alpha value is -3.58. The van der Waals surface area contributed by atoms with Crippen LogP contribution in [0.2, 0.25) is 0 Å². The van der Waals surface area contributed by atoms with Crippen molar-refractivity contribution in [2.24, 2.45) is 5.41 Å². The summed E-state index contributed by atoms with van der Waals surface area (Å²) in [4.78, 5) is 52.0. The summed E-state index contributed by atoms with van der Waals surface area (Å²) in [5.41, 5.74) is -0.860. The van der Waals surface area contributed by atoms with E-state index in [1.807, 2.05) is 34.6 Å². The second kappa shape index (κ2) is 55.2. The Kier molecular flexibility index (Phi) is 50.9. The van der Waals surface area contributed by atoms with E-state index in [1.54, 1.807) is 0 Å². The van der Waals surface area contributed by atoms with E-state index in [2.05, 4.69) is 48.5 Å². The fraction of sp³-hybridized carbons (Fsp3) is 0.857. The van der Waals surface area contributed by atoms with Crippen LogP contribution in [0.3, 0.4) is 0 Å². The number of likely N-dealkylation sites (N-methyl/N-ethyl adjacent to an activating group) is 2. The van der Waals surface area contributed by atoms with Crippen LogP contribution >= 0.6 is 0 Å². The lowest BCUT2D eigenvalue weighted by Crippen LogP contribution is -2.47. The van der Waals surface area contributed by atoms with Crippen LogP contribution in [0.4, 0.5) is 0 Å². The zero-order chi connectivity index (χ0) is 69.9.